The highest BCUT2D eigenvalue weighted by Gasteiger charge is 2.33. The van der Waals surface area contributed by atoms with Gasteiger partial charge in [-0.2, -0.15) is 0 Å². The third kappa shape index (κ3) is 4.28. The molecule has 0 saturated carbocycles. The first-order valence-corrected chi connectivity index (χ1v) is 11.2. The largest absolute Gasteiger partial charge is 0.465 e. The highest BCUT2D eigenvalue weighted by Crippen LogP contribution is 2.48. The first-order valence-electron chi connectivity index (χ1n) is 11.2. The van der Waals surface area contributed by atoms with Crippen LogP contribution in [0.25, 0.3) is 11.1 Å². The lowest BCUT2D eigenvalue weighted by molar-refractivity contribution is -0.0277. The number of morpholine rings is 1. The quantitative estimate of drug-likeness (QED) is 0.433. The summed E-state index contributed by atoms with van der Waals surface area (Å²) < 4.78 is 32.7. The molecule has 2 aliphatic heterocycles. The normalized spacial score (nSPS) is 18.4. The summed E-state index contributed by atoms with van der Waals surface area (Å²) in [5, 5.41) is 7.57. The number of fused-ring (bicyclic) bond motifs is 2. The number of pyridine rings is 1. The standard InChI is InChI=1S/C26H27FN4O3/c1-26(2)15-31(8-9-33-26)18-11-20-21(14-32-25(28)29)19-10-16(17-4-3-7-30-13-17)5-6-23(19)34-24(20)22(27)12-18/h3-7,10-13,21H,8-9,14-15H2,1-2H3,(H3,28,29). The molecule has 0 bridgehead atoms. The van der Waals surface area contributed by atoms with Gasteiger partial charge < -0.3 is 24.8 Å². The molecule has 1 unspecified atom stereocenters. The molecule has 1 saturated heterocycles. The number of anilines is 1. The average molecular weight is 463 g/mol. The first kappa shape index (κ1) is 22.2. The zero-order valence-electron chi connectivity index (χ0n) is 19.2. The number of halogens is 1. The summed E-state index contributed by atoms with van der Waals surface area (Å²) in [6, 6.07) is 12.7. The fraction of sp³-hybridized carbons (Fsp3) is 0.308. The minimum absolute atomic E-state index is 0.0900. The molecule has 3 aromatic rings. The number of nitrogens with two attached hydrogens (primary N) is 1. The van der Waals surface area contributed by atoms with Gasteiger partial charge in [-0.25, -0.2) is 4.39 Å². The topological polar surface area (TPSA) is 93.7 Å². The minimum Gasteiger partial charge on any atom is -0.465 e. The second-order valence-corrected chi connectivity index (χ2v) is 9.20. The molecule has 1 fully saturated rings. The Morgan fingerprint density at radius 1 is 1.24 bits per heavy atom. The summed E-state index contributed by atoms with van der Waals surface area (Å²) in [7, 11) is 0. The Hall–Kier alpha value is -3.65. The van der Waals surface area contributed by atoms with Crippen LogP contribution >= 0.6 is 0 Å². The van der Waals surface area contributed by atoms with Crippen LogP contribution in [0.1, 0.15) is 30.9 Å². The Labute approximate surface area is 197 Å². The van der Waals surface area contributed by atoms with E-state index in [0.717, 1.165) is 22.4 Å². The van der Waals surface area contributed by atoms with Crippen LogP contribution in [0, 0.1) is 11.2 Å². The molecule has 2 aliphatic rings. The molecule has 0 spiro atoms. The Morgan fingerprint density at radius 2 is 2.09 bits per heavy atom. The Morgan fingerprint density at radius 3 is 2.82 bits per heavy atom. The number of nitrogens with zero attached hydrogens (tertiary/aromatic N) is 2. The van der Waals surface area contributed by atoms with Gasteiger partial charge >= 0.3 is 0 Å². The first-order chi connectivity index (χ1) is 16.3. The van der Waals surface area contributed by atoms with E-state index in [2.05, 4.69) is 9.88 Å². The average Bonchev–Trinajstić information content (AvgIpc) is 2.81. The van der Waals surface area contributed by atoms with Gasteiger partial charge in [-0.1, -0.05) is 12.1 Å². The van der Waals surface area contributed by atoms with Crippen molar-refractivity contribution in [2.75, 3.05) is 31.2 Å². The van der Waals surface area contributed by atoms with Crippen molar-refractivity contribution in [2.45, 2.75) is 25.4 Å². The summed E-state index contributed by atoms with van der Waals surface area (Å²) in [4.78, 5) is 6.33. The Kier molecular flexibility index (Phi) is 5.61. The fourth-order valence-corrected chi connectivity index (χ4v) is 4.64. The molecule has 8 heteroatoms. The van der Waals surface area contributed by atoms with Gasteiger partial charge in [0, 0.05) is 53.9 Å². The van der Waals surface area contributed by atoms with Crippen LogP contribution in [0.5, 0.6) is 11.5 Å². The third-order valence-electron chi connectivity index (χ3n) is 6.22. The van der Waals surface area contributed by atoms with Crippen LogP contribution in [-0.4, -0.2) is 42.9 Å². The molecule has 34 heavy (non-hydrogen) atoms. The lowest BCUT2D eigenvalue weighted by atomic mass is 9.86. The summed E-state index contributed by atoms with van der Waals surface area (Å²) in [6.45, 7) is 6.01. The predicted molar refractivity (Wildman–Crippen MR) is 128 cm³/mol. The highest BCUT2D eigenvalue weighted by molar-refractivity contribution is 5.70. The van der Waals surface area contributed by atoms with Gasteiger partial charge in [0.25, 0.3) is 6.02 Å². The van der Waals surface area contributed by atoms with Crippen molar-refractivity contribution in [1.82, 2.24) is 4.98 Å². The number of ether oxygens (including phenoxy) is 3. The van der Waals surface area contributed by atoms with Crippen LogP contribution in [0.2, 0.25) is 0 Å². The molecule has 2 aromatic carbocycles. The van der Waals surface area contributed by atoms with Gasteiger partial charge in [0.2, 0.25) is 0 Å². The number of aromatic nitrogens is 1. The fourth-order valence-electron chi connectivity index (χ4n) is 4.64. The molecule has 1 aromatic heterocycles. The summed E-state index contributed by atoms with van der Waals surface area (Å²) in [5.74, 6) is -0.0825. The second-order valence-electron chi connectivity index (χ2n) is 9.20. The van der Waals surface area contributed by atoms with Crippen LogP contribution in [0.3, 0.4) is 0 Å². The molecule has 7 nitrogen and oxygen atoms in total. The van der Waals surface area contributed by atoms with E-state index in [1.54, 1.807) is 12.4 Å². The van der Waals surface area contributed by atoms with Crippen molar-refractivity contribution in [3.05, 3.63) is 71.8 Å². The third-order valence-corrected chi connectivity index (χ3v) is 6.22. The van der Waals surface area contributed by atoms with Gasteiger partial charge in [0.05, 0.1) is 18.1 Å². The summed E-state index contributed by atoms with van der Waals surface area (Å²) in [5.41, 5.74) is 9.35. The highest BCUT2D eigenvalue weighted by atomic mass is 19.1. The van der Waals surface area contributed by atoms with Gasteiger partial charge in [-0.15, -0.1) is 0 Å². The molecule has 0 radical (unpaired) electrons. The second kappa shape index (κ2) is 8.61. The maximum atomic E-state index is 15.4. The van der Waals surface area contributed by atoms with E-state index in [1.165, 1.54) is 6.07 Å². The van der Waals surface area contributed by atoms with E-state index < -0.39 is 5.82 Å². The van der Waals surface area contributed by atoms with Crippen LogP contribution in [-0.2, 0) is 9.47 Å². The number of nitrogens with one attached hydrogen (secondary N) is 1. The smallest absolute Gasteiger partial charge is 0.279 e. The lowest BCUT2D eigenvalue weighted by Crippen LogP contribution is -2.48. The zero-order valence-corrected chi connectivity index (χ0v) is 19.2. The summed E-state index contributed by atoms with van der Waals surface area (Å²) >= 11 is 0. The molecular formula is C26H27FN4O3. The molecule has 3 N–H and O–H groups in total. The molecular weight excluding hydrogens is 435 g/mol. The van der Waals surface area contributed by atoms with E-state index in [0.29, 0.717) is 31.0 Å². The molecule has 176 valence electrons. The van der Waals surface area contributed by atoms with Gasteiger partial charge in [-0.3, -0.25) is 10.4 Å². The number of hydrogen-bond acceptors (Lipinski definition) is 6. The minimum atomic E-state index is -0.438. The van der Waals surface area contributed by atoms with Crippen molar-refractivity contribution >= 4 is 11.7 Å². The van der Waals surface area contributed by atoms with Gasteiger partial charge in [-0.05, 0) is 43.7 Å². The zero-order chi connectivity index (χ0) is 23.9. The molecule has 5 rings (SSSR count). The van der Waals surface area contributed by atoms with Crippen molar-refractivity contribution in [3.63, 3.8) is 0 Å². The van der Waals surface area contributed by atoms with Crippen LogP contribution in [0.15, 0.2) is 54.9 Å². The molecule has 0 amide bonds. The van der Waals surface area contributed by atoms with Crippen LogP contribution in [0.4, 0.5) is 10.1 Å². The van der Waals surface area contributed by atoms with Crippen molar-refractivity contribution in [1.29, 1.82) is 5.41 Å². The van der Waals surface area contributed by atoms with E-state index in [1.807, 2.05) is 50.2 Å². The van der Waals surface area contributed by atoms with Crippen molar-refractivity contribution < 1.29 is 18.6 Å². The predicted octanol–water partition coefficient (Wildman–Crippen LogP) is 4.65. The van der Waals surface area contributed by atoms with E-state index in [4.69, 9.17) is 25.4 Å². The maximum Gasteiger partial charge on any atom is 0.279 e. The SMILES string of the molecule is CC1(C)CN(c2cc(F)c3c(c2)C(COC(=N)N)c2cc(-c4cccnc4)ccc2O3)CCO1. The monoisotopic (exact) mass is 462 g/mol. The van der Waals surface area contributed by atoms with E-state index in [9.17, 15) is 0 Å². The molecule has 1 atom stereocenters. The Balaban J connectivity index is 1.59. The van der Waals surface area contributed by atoms with Crippen molar-refractivity contribution in [2.24, 2.45) is 5.73 Å². The number of hydrogen-bond donors (Lipinski definition) is 2. The Bertz CT molecular complexity index is 1230. The van der Waals surface area contributed by atoms with Crippen molar-refractivity contribution in [3.8, 4) is 22.6 Å². The maximum absolute atomic E-state index is 15.4. The van der Waals surface area contributed by atoms with Gasteiger partial charge in [0.15, 0.2) is 11.6 Å². The number of benzene rings is 2. The lowest BCUT2D eigenvalue weighted by Gasteiger charge is -2.40. The molecule has 0 aliphatic carbocycles. The number of rotatable bonds is 4. The van der Waals surface area contributed by atoms with Crippen LogP contribution < -0.4 is 15.4 Å². The van der Waals surface area contributed by atoms with E-state index >= 15 is 4.39 Å². The summed E-state index contributed by atoms with van der Waals surface area (Å²) in [6.07, 6.45) is 3.51. The number of amidine groups is 1. The van der Waals surface area contributed by atoms with E-state index in [-0.39, 0.29) is 29.9 Å². The molecule has 3 heterocycles. The van der Waals surface area contributed by atoms with Gasteiger partial charge in [0.1, 0.15) is 12.4 Å².